The molecule has 8 heteroatoms. The molecule has 1 atom stereocenters. The number of esters is 1. The molecule has 0 bridgehead atoms. The maximum atomic E-state index is 14.6. The number of benzene rings is 1. The minimum absolute atomic E-state index is 0.114. The Bertz CT molecular complexity index is 965. The van der Waals surface area contributed by atoms with Crippen LogP contribution in [-0.2, 0) is 20.7 Å². The first-order valence-electron chi connectivity index (χ1n) is 8.62. The van der Waals surface area contributed by atoms with Gasteiger partial charge in [-0.05, 0) is 37.5 Å². The second-order valence-electron chi connectivity index (χ2n) is 6.30. The summed E-state index contributed by atoms with van der Waals surface area (Å²) in [5.41, 5.74) is 2.11. The maximum absolute atomic E-state index is 14.6. The van der Waals surface area contributed by atoms with Gasteiger partial charge in [0.05, 0.1) is 28.8 Å². The van der Waals surface area contributed by atoms with Gasteiger partial charge in [-0.3, -0.25) is 14.6 Å². The summed E-state index contributed by atoms with van der Waals surface area (Å²) in [5, 5.41) is 3.64. The lowest BCUT2D eigenvalue weighted by Gasteiger charge is -2.10. The Morgan fingerprint density at radius 1 is 1.44 bits per heavy atom. The Labute approximate surface area is 164 Å². The Kier molecular flexibility index (Phi) is 4.74. The van der Waals surface area contributed by atoms with Gasteiger partial charge in [-0.1, -0.05) is 17.7 Å². The van der Waals surface area contributed by atoms with E-state index in [0.29, 0.717) is 35.7 Å². The van der Waals surface area contributed by atoms with E-state index in [1.54, 1.807) is 13.0 Å². The minimum Gasteiger partial charge on any atom is -0.465 e. The average molecular weight is 407 g/mol. The van der Waals surface area contributed by atoms with Crippen molar-refractivity contribution in [3.05, 3.63) is 50.6 Å². The van der Waals surface area contributed by atoms with Crippen LogP contribution >= 0.6 is 22.9 Å². The van der Waals surface area contributed by atoms with E-state index < -0.39 is 5.82 Å². The third kappa shape index (κ3) is 3.04. The third-order valence-corrected chi connectivity index (χ3v) is 6.26. The van der Waals surface area contributed by atoms with E-state index in [9.17, 15) is 14.0 Å². The number of nitrogens with zero attached hydrogens (tertiary/aromatic N) is 1. The number of anilines is 1. The van der Waals surface area contributed by atoms with Gasteiger partial charge in [-0.15, -0.1) is 11.3 Å². The summed E-state index contributed by atoms with van der Waals surface area (Å²) in [7, 11) is 0. The van der Waals surface area contributed by atoms with Gasteiger partial charge in [0, 0.05) is 10.4 Å². The first-order valence-corrected chi connectivity index (χ1v) is 9.82. The molecule has 1 N–H and O–H groups in total. The highest BCUT2D eigenvalue weighted by molar-refractivity contribution is 7.17. The first-order chi connectivity index (χ1) is 13.0. The van der Waals surface area contributed by atoms with Crippen LogP contribution < -0.4 is 5.32 Å². The molecule has 140 valence electrons. The summed E-state index contributed by atoms with van der Waals surface area (Å²) in [6.07, 6.45) is 1.26. The van der Waals surface area contributed by atoms with E-state index in [2.05, 4.69) is 10.3 Å². The predicted molar refractivity (Wildman–Crippen MR) is 103 cm³/mol. The van der Waals surface area contributed by atoms with Gasteiger partial charge in [-0.2, -0.15) is 0 Å². The van der Waals surface area contributed by atoms with Crippen LogP contribution in [0, 0.1) is 5.82 Å². The number of hydrogen-bond acceptors (Lipinski definition) is 5. The van der Waals surface area contributed by atoms with Crippen molar-refractivity contribution >= 4 is 45.5 Å². The molecule has 1 aliphatic carbocycles. The van der Waals surface area contributed by atoms with Crippen molar-refractivity contribution in [3.63, 3.8) is 0 Å². The van der Waals surface area contributed by atoms with Gasteiger partial charge in [0.1, 0.15) is 17.4 Å². The predicted octanol–water partition coefficient (Wildman–Crippen LogP) is 3.92. The van der Waals surface area contributed by atoms with Crippen LogP contribution in [0.4, 0.5) is 9.39 Å². The lowest BCUT2D eigenvalue weighted by atomic mass is 9.98. The minimum atomic E-state index is -0.499. The van der Waals surface area contributed by atoms with Crippen LogP contribution in [0.3, 0.4) is 0 Å². The molecule has 1 amide bonds. The zero-order chi connectivity index (χ0) is 19.1. The zero-order valence-electron chi connectivity index (χ0n) is 14.5. The van der Waals surface area contributed by atoms with E-state index in [0.717, 1.165) is 10.4 Å². The van der Waals surface area contributed by atoms with Crippen molar-refractivity contribution in [3.8, 4) is 0 Å². The molecule has 27 heavy (non-hydrogen) atoms. The number of hydrogen-bond donors (Lipinski definition) is 1. The van der Waals surface area contributed by atoms with Gasteiger partial charge < -0.3 is 10.1 Å². The van der Waals surface area contributed by atoms with Crippen molar-refractivity contribution in [2.45, 2.75) is 25.7 Å². The lowest BCUT2D eigenvalue weighted by Crippen LogP contribution is -2.13. The van der Waals surface area contributed by atoms with Crippen LogP contribution in [0.1, 0.15) is 40.8 Å². The van der Waals surface area contributed by atoms with Crippen molar-refractivity contribution < 1.29 is 18.7 Å². The first kappa shape index (κ1) is 18.1. The van der Waals surface area contributed by atoms with E-state index in [1.807, 2.05) is 0 Å². The largest absolute Gasteiger partial charge is 0.465 e. The zero-order valence-corrected chi connectivity index (χ0v) is 16.0. The Balaban J connectivity index is 1.88. The molecule has 1 aliphatic heterocycles. The number of carbonyl (C=O) groups is 2. The highest BCUT2D eigenvalue weighted by Gasteiger charge is 2.38. The lowest BCUT2D eigenvalue weighted by molar-refractivity contribution is -0.144. The molecule has 1 unspecified atom stereocenters. The van der Waals surface area contributed by atoms with Gasteiger partial charge in [0.25, 0.3) is 0 Å². The normalized spacial score (nSPS) is 18.3. The van der Waals surface area contributed by atoms with Crippen molar-refractivity contribution in [1.82, 2.24) is 0 Å². The van der Waals surface area contributed by atoms with Gasteiger partial charge in [0.15, 0.2) is 0 Å². The number of nitrogens with one attached hydrogen (secondary N) is 1. The number of thiophene rings is 1. The summed E-state index contributed by atoms with van der Waals surface area (Å²) in [6.45, 7) is 1.96. The Morgan fingerprint density at radius 2 is 2.26 bits per heavy atom. The fourth-order valence-electron chi connectivity index (χ4n) is 3.56. The van der Waals surface area contributed by atoms with Crippen LogP contribution in [0.2, 0.25) is 5.02 Å². The molecular weight excluding hydrogens is 391 g/mol. The molecular formula is C19H16ClFN2O3S. The third-order valence-electron chi connectivity index (χ3n) is 4.68. The fourth-order valence-corrected chi connectivity index (χ4v) is 5.21. The maximum Gasteiger partial charge on any atom is 0.314 e. The SMILES string of the molecule is CCOC(=O)C1CCc2c1sc1c2C(c2c(F)cccc2Cl)=NCC(=O)N1. The average Bonchev–Trinajstić information content (AvgIpc) is 3.12. The number of aliphatic imine (C=N–C) groups is 1. The number of ether oxygens (including phenoxy) is 1. The summed E-state index contributed by atoms with van der Waals surface area (Å²) in [6, 6.07) is 4.44. The smallest absolute Gasteiger partial charge is 0.314 e. The number of carbonyl (C=O) groups excluding carboxylic acids is 2. The standard InChI is InChI=1S/C19H16ClFN2O3S/c1-2-26-19(25)10-7-6-9-14-16(15-11(20)4-3-5-12(15)21)22-8-13(24)23-18(14)27-17(9)10/h3-5,10H,2,6-8H2,1H3,(H,23,24). The molecule has 5 nitrogen and oxygen atoms in total. The summed E-state index contributed by atoms with van der Waals surface area (Å²) in [5.74, 6) is -1.43. The van der Waals surface area contributed by atoms with E-state index in [1.165, 1.54) is 23.5 Å². The molecule has 0 spiro atoms. The van der Waals surface area contributed by atoms with Gasteiger partial charge >= 0.3 is 5.97 Å². The highest BCUT2D eigenvalue weighted by atomic mass is 35.5. The molecule has 2 aliphatic rings. The monoisotopic (exact) mass is 406 g/mol. The van der Waals surface area contributed by atoms with Gasteiger partial charge in [-0.25, -0.2) is 4.39 Å². The van der Waals surface area contributed by atoms with Crippen LogP contribution in [0.5, 0.6) is 0 Å². The topological polar surface area (TPSA) is 67.8 Å². The van der Waals surface area contributed by atoms with Gasteiger partial charge in [0.2, 0.25) is 5.91 Å². The van der Waals surface area contributed by atoms with Crippen LogP contribution in [-0.4, -0.2) is 30.7 Å². The van der Waals surface area contributed by atoms with Crippen LogP contribution in [0.15, 0.2) is 23.2 Å². The van der Waals surface area contributed by atoms with E-state index in [4.69, 9.17) is 16.3 Å². The molecule has 0 fully saturated rings. The Hall–Kier alpha value is -2.25. The molecule has 4 rings (SSSR count). The molecule has 2 heterocycles. The molecule has 0 saturated heterocycles. The molecule has 1 aromatic carbocycles. The molecule has 1 aromatic heterocycles. The van der Waals surface area contributed by atoms with Crippen LogP contribution in [0.25, 0.3) is 0 Å². The van der Waals surface area contributed by atoms with E-state index >= 15 is 0 Å². The summed E-state index contributed by atoms with van der Waals surface area (Å²) >= 11 is 7.60. The quantitative estimate of drug-likeness (QED) is 0.785. The summed E-state index contributed by atoms with van der Waals surface area (Å²) < 4.78 is 19.8. The number of rotatable bonds is 3. The number of halogens is 2. The van der Waals surface area contributed by atoms with Crippen molar-refractivity contribution in [1.29, 1.82) is 0 Å². The highest BCUT2D eigenvalue weighted by Crippen LogP contribution is 2.47. The summed E-state index contributed by atoms with van der Waals surface area (Å²) in [4.78, 5) is 29.6. The second kappa shape index (κ2) is 7.05. The van der Waals surface area contributed by atoms with E-state index in [-0.39, 0.29) is 34.9 Å². The fraction of sp³-hybridized carbons (Fsp3) is 0.316. The second-order valence-corrected chi connectivity index (χ2v) is 7.76. The van der Waals surface area contributed by atoms with Crippen molar-refractivity contribution in [2.24, 2.45) is 4.99 Å². The Morgan fingerprint density at radius 3 is 3.00 bits per heavy atom. The molecule has 0 saturated carbocycles. The number of fused-ring (bicyclic) bond motifs is 3. The molecule has 2 aromatic rings. The van der Waals surface area contributed by atoms with Crippen molar-refractivity contribution in [2.75, 3.05) is 18.5 Å². The number of amides is 1. The molecule has 0 radical (unpaired) electrons.